The van der Waals surface area contributed by atoms with Crippen molar-refractivity contribution in [2.24, 2.45) is 5.73 Å². The Morgan fingerprint density at radius 1 is 1.43 bits per heavy atom. The van der Waals surface area contributed by atoms with Gasteiger partial charge in [0.05, 0.1) is 0 Å². The Hall–Kier alpha value is -0.170. The molecule has 0 spiro atoms. The van der Waals surface area contributed by atoms with E-state index < -0.39 is 10.2 Å². The van der Waals surface area contributed by atoms with E-state index in [1.807, 2.05) is 0 Å². The zero-order chi connectivity index (χ0) is 10.8. The highest BCUT2D eigenvalue weighted by Crippen LogP contribution is 2.20. The maximum Gasteiger partial charge on any atom is 0.281 e. The fourth-order valence-corrected chi connectivity index (χ4v) is 3.07. The van der Waals surface area contributed by atoms with Gasteiger partial charge in [0, 0.05) is 33.2 Å². The van der Waals surface area contributed by atoms with Crippen LogP contribution in [-0.2, 0) is 10.2 Å². The molecular formula is C8H19N3O2S. The van der Waals surface area contributed by atoms with E-state index in [0.29, 0.717) is 13.1 Å². The zero-order valence-electron chi connectivity index (χ0n) is 8.81. The topological polar surface area (TPSA) is 66.6 Å². The SMILES string of the molecule is CN(C)S(=O)(=O)N1CCCCC1CN. The van der Waals surface area contributed by atoms with Crippen LogP contribution in [0.5, 0.6) is 0 Å². The Kier molecular flexibility index (Phi) is 3.88. The first-order chi connectivity index (χ1) is 6.50. The fraction of sp³-hybridized carbons (Fsp3) is 1.00. The van der Waals surface area contributed by atoms with Crippen molar-refractivity contribution >= 4 is 10.2 Å². The van der Waals surface area contributed by atoms with E-state index in [1.165, 1.54) is 8.61 Å². The van der Waals surface area contributed by atoms with Crippen molar-refractivity contribution in [3.05, 3.63) is 0 Å². The lowest BCUT2D eigenvalue weighted by atomic mass is 10.1. The largest absolute Gasteiger partial charge is 0.329 e. The summed E-state index contributed by atoms with van der Waals surface area (Å²) in [6, 6.07) is -0.0175. The first-order valence-corrected chi connectivity index (χ1v) is 6.29. The summed E-state index contributed by atoms with van der Waals surface area (Å²) in [6.45, 7) is 1.01. The molecule has 2 N–H and O–H groups in total. The number of nitrogens with zero attached hydrogens (tertiary/aromatic N) is 2. The molecule has 0 aromatic carbocycles. The van der Waals surface area contributed by atoms with Crippen molar-refractivity contribution in [3.63, 3.8) is 0 Å². The number of hydrogen-bond acceptors (Lipinski definition) is 3. The van der Waals surface area contributed by atoms with Crippen molar-refractivity contribution in [2.45, 2.75) is 25.3 Å². The summed E-state index contributed by atoms with van der Waals surface area (Å²) in [4.78, 5) is 0. The van der Waals surface area contributed by atoms with Gasteiger partial charge in [-0.2, -0.15) is 17.0 Å². The molecule has 0 radical (unpaired) electrons. The molecule has 1 aliphatic heterocycles. The second-order valence-corrected chi connectivity index (χ2v) is 5.88. The second-order valence-electron chi connectivity index (χ2n) is 3.79. The first-order valence-electron chi connectivity index (χ1n) is 4.89. The third-order valence-corrected chi connectivity index (χ3v) is 4.60. The van der Waals surface area contributed by atoms with Crippen LogP contribution in [0.2, 0.25) is 0 Å². The third-order valence-electron chi connectivity index (χ3n) is 2.60. The van der Waals surface area contributed by atoms with Gasteiger partial charge in [0.1, 0.15) is 0 Å². The number of hydrogen-bond donors (Lipinski definition) is 1. The average molecular weight is 221 g/mol. The Morgan fingerprint density at radius 2 is 2.07 bits per heavy atom. The molecule has 0 aliphatic carbocycles. The standard InChI is InChI=1S/C8H19N3O2S/c1-10(2)14(12,13)11-6-4-3-5-8(11)7-9/h8H,3-7,9H2,1-2H3. The Labute approximate surface area is 86.0 Å². The van der Waals surface area contributed by atoms with Crippen molar-refractivity contribution in [2.75, 3.05) is 27.2 Å². The summed E-state index contributed by atoms with van der Waals surface area (Å²) in [5, 5.41) is 0. The van der Waals surface area contributed by atoms with E-state index in [-0.39, 0.29) is 6.04 Å². The summed E-state index contributed by atoms with van der Waals surface area (Å²) >= 11 is 0. The molecule has 1 unspecified atom stereocenters. The van der Waals surface area contributed by atoms with Gasteiger partial charge in [-0.1, -0.05) is 6.42 Å². The van der Waals surface area contributed by atoms with Gasteiger partial charge >= 0.3 is 0 Å². The lowest BCUT2D eigenvalue weighted by Crippen LogP contribution is -2.51. The molecule has 1 saturated heterocycles. The lowest BCUT2D eigenvalue weighted by molar-refractivity contribution is 0.244. The highest BCUT2D eigenvalue weighted by molar-refractivity contribution is 7.86. The van der Waals surface area contributed by atoms with Crippen LogP contribution in [0.1, 0.15) is 19.3 Å². The van der Waals surface area contributed by atoms with Crippen LogP contribution in [0.15, 0.2) is 0 Å². The molecule has 0 bridgehead atoms. The Balaban J connectivity index is 2.83. The smallest absolute Gasteiger partial charge is 0.281 e. The molecule has 1 heterocycles. The van der Waals surface area contributed by atoms with Gasteiger partial charge in [0.2, 0.25) is 0 Å². The molecule has 1 rings (SSSR count). The Bertz CT molecular complexity index is 276. The Morgan fingerprint density at radius 3 is 2.57 bits per heavy atom. The lowest BCUT2D eigenvalue weighted by Gasteiger charge is -2.35. The molecule has 84 valence electrons. The highest BCUT2D eigenvalue weighted by atomic mass is 32.2. The summed E-state index contributed by atoms with van der Waals surface area (Å²) in [5.74, 6) is 0. The molecule has 0 aromatic rings. The van der Waals surface area contributed by atoms with Crippen LogP contribution < -0.4 is 5.73 Å². The normalized spacial score (nSPS) is 25.6. The monoisotopic (exact) mass is 221 g/mol. The predicted octanol–water partition coefficient (Wildman–Crippen LogP) is -0.394. The summed E-state index contributed by atoms with van der Waals surface area (Å²) in [6.07, 6.45) is 2.88. The molecule has 0 aromatic heterocycles. The third kappa shape index (κ3) is 2.25. The predicted molar refractivity (Wildman–Crippen MR) is 56.0 cm³/mol. The van der Waals surface area contributed by atoms with Crippen LogP contribution in [0.25, 0.3) is 0 Å². The van der Waals surface area contributed by atoms with Gasteiger partial charge in [-0.05, 0) is 12.8 Å². The van der Waals surface area contributed by atoms with E-state index in [2.05, 4.69) is 0 Å². The molecule has 6 heteroatoms. The van der Waals surface area contributed by atoms with E-state index in [1.54, 1.807) is 14.1 Å². The minimum absolute atomic E-state index is 0.0175. The number of rotatable bonds is 3. The molecular weight excluding hydrogens is 202 g/mol. The second kappa shape index (κ2) is 4.57. The van der Waals surface area contributed by atoms with Gasteiger partial charge < -0.3 is 5.73 Å². The van der Waals surface area contributed by atoms with Crippen molar-refractivity contribution in [3.8, 4) is 0 Å². The molecule has 1 atom stereocenters. The summed E-state index contributed by atoms with van der Waals surface area (Å²) in [7, 11) is -0.168. The molecule has 0 saturated carbocycles. The van der Waals surface area contributed by atoms with Gasteiger partial charge in [-0.15, -0.1) is 0 Å². The molecule has 1 fully saturated rings. The number of piperidine rings is 1. The van der Waals surface area contributed by atoms with Crippen molar-refractivity contribution in [1.29, 1.82) is 0 Å². The van der Waals surface area contributed by atoms with E-state index in [9.17, 15) is 8.42 Å². The van der Waals surface area contributed by atoms with Crippen molar-refractivity contribution in [1.82, 2.24) is 8.61 Å². The maximum atomic E-state index is 11.9. The van der Waals surface area contributed by atoms with Gasteiger partial charge in [-0.3, -0.25) is 0 Å². The van der Waals surface area contributed by atoms with Crippen LogP contribution in [-0.4, -0.2) is 50.3 Å². The molecule has 14 heavy (non-hydrogen) atoms. The van der Waals surface area contributed by atoms with Crippen LogP contribution in [0.3, 0.4) is 0 Å². The van der Waals surface area contributed by atoms with E-state index >= 15 is 0 Å². The first kappa shape index (κ1) is 11.9. The molecule has 1 aliphatic rings. The molecule has 5 nitrogen and oxygen atoms in total. The maximum absolute atomic E-state index is 11.9. The summed E-state index contributed by atoms with van der Waals surface area (Å²) < 4.78 is 26.5. The van der Waals surface area contributed by atoms with Gasteiger partial charge in [-0.25, -0.2) is 0 Å². The van der Waals surface area contributed by atoms with Crippen LogP contribution in [0.4, 0.5) is 0 Å². The van der Waals surface area contributed by atoms with Crippen molar-refractivity contribution < 1.29 is 8.42 Å². The highest BCUT2D eigenvalue weighted by Gasteiger charge is 2.32. The zero-order valence-corrected chi connectivity index (χ0v) is 9.63. The minimum Gasteiger partial charge on any atom is -0.329 e. The summed E-state index contributed by atoms with van der Waals surface area (Å²) in [5.41, 5.74) is 5.57. The fourth-order valence-electron chi connectivity index (χ4n) is 1.72. The van der Waals surface area contributed by atoms with Crippen LogP contribution in [0, 0.1) is 0 Å². The average Bonchev–Trinajstić information content (AvgIpc) is 2.17. The van der Waals surface area contributed by atoms with Crippen LogP contribution >= 0.6 is 0 Å². The van der Waals surface area contributed by atoms with Gasteiger partial charge in [0.25, 0.3) is 10.2 Å². The number of nitrogens with two attached hydrogens (primary N) is 1. The van der Waals surface area contributed by atoms with E-state index in [4.69, 9.17) is 5.73 Å². The quantitative estimate of drug-likeness (QED) is 0.705. The molecule has 0 amide bonds. The minimum atomic E-state index is -3.27. The van der Waals surface area contributed by atoms with Gasteiger partial charge in [0.15, 0.2) is 0 Å². The van der Waals surface area contributed by atoms with E-state index in [0.717, 1.165) is 19.3 Å².